The summed E-state index contributed by atoms with van der Waals surface area (Å²) in [7, 11) is 4.18. The Morgan fingerprint density at radius 3 is 2.89 bits per heavy atom. The Balaban J connectivity index is 2.18. The molecule has 0 aromatic heterocycles. The Bertz CT molecular complexity index is 465. The van der Waals surface area contributed by atoms with Crippen molar-refractivity contribution < 1.29 is 0 Å². The molecule has 1 N–H and O–H groups in total. The molecule has 2 rings (SSSR count). The van der Waals surface area contributed by atoms with Crippen molar-refractivity contribution in [2.45, 2.75) is 19.0 Å². The third kappa shape index (κ3) is 3.06. The molecule has 0 amide bonds. The van der Waals surface area contributed by atoms with Gasteiger partial charge < -0.3 is 10.2 Å². The predicted octanol–water partition coefficient (Wildman–Crippen LogP) is 1.29. The number of nitrogens with zero attached hydrogens (tertiary/aromatic N) is 3. The zero-order valence-electron chi connectivity index (χ0n) is 11.9. The largest absolute Gasteiger partial charge is 0.368 e. The number of anilines is 1. The topological polar surface area (TPSA) is 42.3 Å². The summed E-state index contributed by atoms with van der Waals surface area (Å²) in [5.74, 6) is 0. The third-order valence-electron chi connectivity index (χ3n) is 3.97. The van der Waals surface area contributed by atoms with Crippen LogP contribution in [0.3, 0.4) is 0 Å². The fraction of sp³-hybridized carbons (Fsp3) is 0.533. The lowest BCUT2D eigenvalue weighted by molar-refractivity contribution is 0.157. The fourth-order valence-corrected chi connectivity index (χ4v) is 2.69. The van der Waals surface area contributed by atoms with Crippen molar-refractivity contribution in [1.82, 2.24) is 10.2 Å². The van der Waals surface area contributed by atoms with Crippen LogP contribution in [0.15, 0.2) is 24.3 Å². The molecule has 1 saturated heterocycles. The average molecular weight is 258 g/mol. The van der Waals surface area contributed by atoms with E-state index in [1.54, 1.807) is 0 Å². The summed E-state index contributed by atoms with van der Waals surface area (Å²) in [5, 5.41) is 12.3. The summed E-state index contributed by atoms with van der Waals surface area (Å²) in [6, 6.07) is 11.1. The van der Waals surface area contributed by atoms with Crippen LogP contribution in [-0.4, -0.2) is 50.7 Å². The van der Waals surface area contributed by atoms with E-state index in [0.29, 0.717) is 12.1 Å². The van der Waals surface area contributed by atoms with Crippen LogP contribution in [0.2, 0.25) is 0 Å². The number of piperazine rings is 1. The number of rotatable bonds is 3. The van der Waals surface area contributed by atoms with Crippen LogP contribution in [0.5, 0.6) is 0 Å². The van der Waals surface area contributed by atoms with E-state index in [1.165, 1.54) is 0 Å². The maximum atomic E-state index is 9.00. The van der Waals surface area contributed by atoms with Gasteiger partial charge in [-0.3, -0.25) is 4.90 Å². The van der Waals surface area contributed by atoms with E-state index in [9.17, 15) is 0 Å². The van der Waals surface area contributed by atoms with Crippen LogP contribution in [0.25, 0.3) is 0 Å². The first-order chi connectivity index (χ1) is 9.15. The summed E-state index contributed by atoms with van der Waals surface area (Å²) >= 11 is 0. The first kappa shape index (κ1) is 13.9. The van der Waals surface area contributed by atoms with E-state index < -0.39 is 0 Å². The minimum Gasteiger partial charge on any atom is -0.368 e. The van der Waals surface area contributed by atoms with Gasteiger partial charge in [-0.15, -0.1) is 0 Å². The highest BCUT2D eigenvalue weighted by atomic mass is 15.3. The lowest BCUT2D eigenvalue weighted by atomic mass is 10.1. The first-order valence-electron chi connectivity index (χ1n) is 6.77. The van der Waals surface area contributed by atoms with Gasteiger partial charge in [0.05, 0.1) is 11.6 Å². The lowest BCUT2D eigenvalue weighted by Crippen LogP contribution is -2.58. The SMILES string of the molecule is CNCC1CN(c2cccc(C#N)c2)CC(C)N1C. The molecule has 102 valence electrons. The number of nitriles is 1. The van der Waals surface area contributed by atoms with Gasteiger partial charge in [0, 0.05) is 37.4 Å². The molecule has 0 bridgehead atoms. The van der Waals surface area contributed by atoms with Crippen molar-refractivity contribution in [3.05, 3.63) is 29.8 Å². The second-order valence-electron chi connectivity index (χ2n) is 5.29. The predicted molar refractivity (Wildman–Crippen MR) is 78.3 cm³/mol. The Morgan fingerprint density at radius 2 is 2.21 bits per heavy atom. The van der Waals surface area contributed by atoms with Crippen molar-refractivity contribution in [1.29, 1.82) is 5.26 Å². The zero-order chi connectivity index (χ0) is 13.8. The molecule has 2 atom stereocenters. The first-order valence-corrected chi connectivity index (χ1v) is 6.77. The van der Waals surface area contributed by atoms with Crippen LogP contribution in [-0.2, 0) is 0 Å². The van der Waals surface area contributed by atoms with Crippen LogP contribution in [0, 0.1) is 11.3 Å². The minimum absolute atomic E-state index is 0.500. The van der Waals surface area contributed by atoms with Gasteiger partial charge in [-0.05, 0) is 39.2 Å². The standard InChI is InChI=1S/C15H22N4/c1-12-10-19(11-15(9-17-2)18(12)3)14-6-4-5-13(7-14)8-16/h4-7,12,15,17H,9-11H2,1-3H3. The number of hydrogen-bond donors (Lipinski definition) is 1. The highest BCUT2D eigenvalue weighted by Gasteiger charge is 2.29. The third-order valence-corrected chi connectivity index (χ3v) is 3.97. The summed E-state index contributed by atoms with van der Waals surface area (Å²) < 4.78 is 0. The maximum Gasteiger partial charge on any atom is 0.0992 e. The van der Waals surface area contributed by atoms with Gasteiger partial charge in [-0.25, -0.2) is 0 Å². The Hall–Kier alpha value is -1.57. The quantitative estimate of drug-likeness (QED) is 0.887. The molecule has 0 spiro atoms. The average Bonchev–Trinajstić information content (AvgIpc) is 2.44. The van der Waals surface area contributed by atoms with Crippen molar-refractivity contribution >= 4 is 5.69 Å². The highest BCUT2D eigenvalue weighted by molar-refractivity contribution is 5.52. The van der Waals surface area contributed by atoms with Gasteiger partial charge in [-0.2, -0.15) is 5.26 Å². The van der Waals surface area contributed by atoms with E-state index >= 15 is 0 Å². The van der Waals surface area contributed by atoms with Crippen LogP contribution >= 0.6 is 0 Å². The molecule has 0 radical (unpaired) electrons. The molecule has 0 aliphatic carbocycles. The van der Waals surface area contributed by atoms with Gasteiger partial charge >= 0.3 is 0 Å². The van der Waals surface area contributed by atoms with Crippen LogP contribution in [0.1, 0.15) is 12.5 Å². The molecule has 1 aliphatic heterocycles. The number of likely N-dealkylation sites (N-methyl/N-ethyl adjacent to an activating group) is 2. The molecule has 1 aromatic carbocycles. The van der Waals surface area contributed by atoms with Gasteiger partial charge in [0.2, 0.25) is 0 Å². The fourth-order valence-electron chi connectivity index (χ4n) is 2.69. The Morgan fingerprint density at radius 1 is 1.42 bits per heavy atom. The molecule has 0 saturated carbocycles. The molecule has 1 fully saturated rings. The monoisotopic (exact) mass is 258 g/mol. The molecule has 1 heterocycles. The number of benzene rings is 1. The normalized spacial score (nSPS) is 24.2. The smallest absolute Gasteiger partial charge is 0.0992 e. The molecule has 1 aromatic rings. The van der Waals surface area contributed by atoms with E-state index in [2.05, 4.69) is 41.2 Å². The summed E-state index contributed by atoms with van der Waals surface area (Å²) in [4.78, 5) is 4.81. The van der Waals surface area contributed by atoms with E-state index in [0.717, 1.165) is 30.9 Å². The molecule has 19 heavy (non-hydrogen) atoms. The molecule has 2 unspecified atom stereocenters. The summed E-state index contributed by atoms with van der Waals surface area (Å²) in [6.45, 7) is 5.24. The molecule has 4 nitrogen and oxygen atoms in total. The summed E-state index contributed by atoms with van der Waals surface area (Å²) in [5.41, 5.74) is 1.88. The molecular formula is C15H22N4. The second kappa shape index (κ2) is 6.05. The van der Waals surface area contributed by atoms with E-state index in [-0.39, 0.29) is 0 Å². The van der Waals surface area contributed by atoms with Crippen LogP contribution in [0.4, 0.5) is 5.69 Å². The highest BCUT2D eigenvalue weighted by Crippen LogP contribution is 2.22. The lowest BCUT2D eigenvalue weighted by Gasteiger charge is -2.45. The van der Waals surface area contributed by atoms with Crippen molar-refractivity contribution in [3.63, 3.8) is 0 Å². The van der Waals surface area contributed by atoms with Crippen molar-refractivity contribution in [2.24, 2.45) is 0 Å². The van der Waals surface area contributed by atoms with Crippen molar-refractivity contribution in [3.8, 4) is 6.07 Å². The van der Waals surface area contributed by atoms with Gasteiger partial charge in [0.15, 0.2) is 0 Å². The van der Waals surface area contributed by atoms with Crippen LogP contribution < -0.4 is 10.2 Å². The summed E-state index contributed by atoms with van der Waals surface area (Å²) in [6.07, 6.45) is 0. The molecular weight excluding hydrogens is 236 g/mol. The Kier molecular flexibility index (Phi) is 4.41. The molecule has 1 aliphatic rings. The van der Waals surface area contributed by atoms with Gasteiger partial charge in [0.25, 0.3) is 0 Å². The van der Waals surface area contributed by atoms with E-state index in [4.69, 9.17) is 5.26 Å². The number of nitrogens with one attached hydrogen (secondary N) is 1. The van der Waals surface area contributed by atoms with Crippen molar-refractivity contribution in [2.75, 3.05) is 38.6 Å². The minimum atomic E-state index is 0.500. The second-order valence-corrected chi connectivity index (χ2v) is 5.29. The van der Waals surface area contributed by atoms with Gasteiger partial charge in [-0.1, -0.05) is 6.07 Å². The zero-order valence-corrected chi connectivity index (χ0v) is 11.9. The maximum absolute atomic E-state index is 9.00. The van der Waals surface area contributed by atoms with Gasteiger partial charge in [0.1, 0.15) is 0 Å². The molecule has 4 heteroatoms. The van der Waals surface area contributed by atoms with E-state index in [1.807, 2.05) is 25.2 Å². The Labute approximate surface area is 115 Å². The number of hydrogen-bond acceptors (Lipinski definition) is 4.